The number of nitrogens with zero attached hydrogens (tertiary/aromatic N) is 1. The first-order valence-electron chi connectivity index (χ1n) is 9.87. The summed E-state index contributed by atoms with van der Waals surface area (Å²) in [5.74, 6) is 1.03. The van der Waals surface area contributed by atoms with Gasteiger partial charge in [-0.3, -0.25) is 9.10 Å². The Bertz CT molecular complexity index is 959. The highest BCUT2D eigenvalue weighted by molar-refractivity contribution is 7.92. The molecule has 148 valence electrons. The Morgan fingerprint density at radius 3 is 2.50 bits per heavy atom. The number of carbonyl (C=O) groups excluding carboxylic acids is 1. The van der Waals surface area contributed by atoms with Crippen LogP contribution in [-0.2, 0) is 14.8 Å². The third kappa shape index (κ3) is 3.78. The first-order chi connectivity index (χ1) is 13.4. The molecule has 2 bridgehead atoms. The maximum absolute atomic E-state index is 13.3. The Balaban J connectivity index is 1.59. The van der Waals surface area contributed by atoms with Crippen molar-refractivity contribution in [3.8, 4) is 0 Å². The number of sulfonamides is 1. The van der Waals surface area contributed by atoms with E-state index in [9.17, 15) is 13.2 Å². The monoisotopic (exact) mass is 398 g/mol. The van der Waals surface area contributed by atoms with Gasteiger partial charge < -0.3 is 5.32 Å². The number of carbonyl (C=O) groups is 1. The summed E-state index contributed by atoms with van der Waals surface area (Å²) in [7, 11) is -3.84. The Kier molecular flexibility index (Phi) is 5.15. The highest BCUT2D eigenvalue weighted by atomic mass is 32.2. The smallest absolute Gasteiger partial charge is 0.264 e. The maximum atomic E-state index is 13.3. The Morgan fingerprint density at radius 1 is 1.07 bits per heavy atom. The van der Waals surface area contributed by atoms with E-state index in [1.54, 1.807) is 42.5 Å². The third-order valence-corrected chi connectivity index (χ3v) is 7.78. The summed E-state index contributed by atoms with van der Waals surface area (Å²) in [6.07, 6.45) is 4.63. The summed E-state index contributed by atoms with van der Waals surface area (Å²) in [4.78, 5) is 13.0. The van der Waals surface area contributed by atoms with Crippen molar-refractivity contribution in [2.24, 2.45) is 11.8 Å². The molecular formula is C22H26N2O3S. The van der Waals surface area contributed by atoms with Gasteiger partial charge in [0, 0.05) is 6.04 Å². The zero-order valence-electron chi connectivity index (χ0n) is 16.0. The Labute approximate surface area is 166 Å². The lowest BCUT2D eigenvalue weighted by Crippen LogP contribution is -2.46. The van der Waals surface area contributed by atoms with Gasteiger partial charge in [0.1, 0.15) is 6.54 Å². The van der Waals surface area contributed by atoms with Crippen molar-refractivity contribution in [3.63, 3.8) is 0 Å². The van der Waals surface area contributed by atoms with Crippen LogP contribution in [0.2, 0.25) is 0 Å². The number of hydrogen-bond acceptors (Lipinski definition) is 3. The zero-order valence-corrected chi connectivity index (χ0v) is 16.9. The van der Waals surface area contributed by atoms with Crippen LogP contribution in [0.1, 0.15) is 31.2 Å². The van der Waals surface area contributed by atoms with E-state index in [1.165, 1.54) is 23.6 Å². The van der Waals surface area contributed by atoms with Gasteiger partial charge in [-0.05, 0) is 67.9 Å². The van der Waals surface area contributed by atoms with Crippen molar-refractivity contribution in [1.29, 1.82) is 0 Å². The van der Waals surface area contributed by atoms with E-state index < -0.39 is 10.0 Å². The minimum Gasteiger partial charge on any atom is -0.352 e. The van der Waals surface area contributed by atoms with Crippen molar-refractivity contribution in [3.05, 3.63) is 60.2 Å². The van der Waals surface area contributed by atoms with Crippen molar-refractivity contribution in [1.82, 2.24) is 5.32 Å². The average molecular weight is 399 g/mol. The number of rotatable bonds is 6. The van der Waals surface area contributed by atoms with Crippen molar-refractivity contribution in [2.45, 2.75) is 43.5 Å². The topological polar surface area (TPSA) is 66.5 Å². The molecule has 2 aromatic rings. The standard InChI is InChI=1S/C22H26N2O3S/c1-16-6-5-7-19(12-16)24(28(26,27)20-8-3-2-4-9-20)15-22(25)23-21-14-17-10-11-18(21)13-17/h2-9,12,17-18,21H,10-11,13-15H2,1H3,(H,23,25)/t17-,18+,21-/m1/s1. The minimum atomic E-state index is -3.84. The summed E-state index contributed by atoms with van der Waals surface area (Å²) in [5.41, 5.74) is 1.45. The van der Waals surface area contributed by atoms with Crippen LogP contribution < -0.4 is 9.62 Å². The van der Waals surface area contributed by atoms with Gasteiger partial charge in [0.05, 0.1) is 10.6 Å². The molecule has 0 aromatic heterocycles. The van der Waals surface area contributed by atoms with Crippen LogP contribution in [0.25, 0.3) is 0 Å². The molecule has 4 rings (SSSR count). The van der Waals surface area contributed by atoms with E-state index in [0.717, 1.165) is 17.9 Å². The van der Waals surface area contributed by atoms with E-state index >= 15 is 0 Å². The van der Waals surface area contributed by atoms with Gasteiger partial charge in [0.2, 0.25) is 5.91 Å². The molecule has 5 nitrogen and oxygen atoms in total. The summed E-state index contributed by atoms with van der Waals surface area (Å²) < 4.78 is 27.8. The number of fused-ring (bicyclic) bond motifs is 2. The number of aryl methyl sites for hydroxylation is 1. The van der Waals surface area contributed by atoms with Crippen LogP contribution in [0, 0.1) is 18.8 Å². The van der Waals surface area contributed by atoms with Gasteiger partial charge in [-0.25, -0.2) is 8.42 Å². The molecule has 0 aliphatic heterocycles. The molecule has 0 unspecified atom stereocenters. The molecule has 0 spiro atoms. The molecule has 6 heteroatoms. The number of amides is 1. The molecule has 3 atom stereocenters. The summed E-state index contributed by atoms with van der Waals surface area (Å²) in [6, 6.07) is 15.7. The molecule has 2 aliphatic rings. The zero-order chi connectivity index (χ0) is 19.7. The maximum Gasteiger partial charge on any atom is 0.264 e. The predicted octanol–water partition coefficient (Wildman–Crippen LogP) is 3.50. The van der Waals surface area contributed by atoms with Crippen molar-refractivity contribution >= 4 is 21.6 Å². The van der Waals surface area contributed by atoms with Crippen LogP contribution in [0.15, 0.2) is 59.5 Å². The van der Waals surface area contributed by atoms with Gasteiger partial charge >= 0.3 is 0 Å². The molecule has 0 radical (unpaired) electrons. The number of hydrogen-bond donors (Lipinski definition) is 1. The fraction of sp³-hybridized carbons (Fsp3) is 0.409. The second kappa shape index (κ2) is 7.59. The molecule has 0 heterocycles. The first-order valence-corrected chi connectivity index (χ1v) is 11.3. The lowest BCUT2D eigenvalue weighted by Gasteiger charge is -2.27. The van der Waals surface area contributed by atoms with E-state index in [4.69, 9.17) is 0 Å². The van der Waals surface area contributed by atoms with E-state index in [1.807, 2.05) is 19.1 Å². The fourth-order valence-corrected chi connectivity index (χ4v) is 6.06. The average Bonchev–Trinajstić information content (AvgIpc) is 3.30. The van der Waals surface area contributed by atoms with Crippen LogP contribution in [0.3, 0.4) is 0 Å². The number of nitrogens with one attached hydrogen (secondary N) is 1. The first kappa shape index (κ1) is 19.0. The van der Waals surface area contributed by atoms with Crippen LogP contribution in [0.5, 0.6) is 0 Å². The Morgan fingerprint density at radius 2 is 1.86 bits per heavy atom. The van der Waals surface area contributed by atoms with E-state index in [-0.39, 0.29) is 23.4 Å². The SMILES string of the molecule is Cc1cccc(N(CC(=O)N[C@@H]2C[C@@H]3CC[C@H]2C3)S(=O)(=O)c2ccccc2)c1. The quantitative estimate of drug-likeness (QED) is 0.810. The normalized spacial score (nSPS) is 23.5. The highest BCUT2D eigenvalue weighted by Gasteiger charge is 2.40. The molecule has 28 heavy (non-hydrogen) atoms. The minimum absolute atomic E-state index is 0.184. The molecule has 2 fully saturated rings. The van der Waals surface area contributed by atoms with Crippen LogP contribution >= 0.6 is 0 Å². The Hall–Kier alpha value is -2.34. The third-order valence-electron chi connectivity index (χ3n) is 5.99. The van der Waals surface area contributed by atoms with Crippen LogP contribution in [-0.4, -0.2) is 26.9 Å². The largest absolute Gasteiger partial charge is 0.352 e. The second-order valence-electron chi connectivity index (χ2n) is 8.01. The molecule has 1 amide bonds. The highest BCUT2D eigenvalue weighted by Crippen LogP contribution is 2.44. The lowest BCUT2D eigenvalue weighted by molar-refractivity contribution is -0.120. The van der Waals surface area contributed by atoms with Crippen LogP contribution in [0.4, 0.5) is 5.69 Å². The van der Waals surface area contributed by atoms with Gasteiger partial charge in [-0.15, -0.1) is 0 Å². The van der Waals surface area contributed by atoms with Gasteiger partial charge in [0.25, 0.3) is 10.0 Å². The summed E-state index contributed by atoms with van der Waals surface area (Å²) >= 11 is 0. The van der Waals surface area contributed by atoms with Crippen molar-refractivity contribution < 1.29 is 13.2 Å². The molecule has 1 N–H and O–H groups in total. The molecule has 0 saturated heterocycles. The predicted molar refractivity (Wildman–Crippen MR) is 110 cm³/mol. The van der Waals surface area contributed by atoms with Gasteiger partial charge in [-0.2, -0.15) is 0 Å². The number of anilines is 1. The van der Waals surface area contributed by atoms with Crippen molar-refractivity contribution in [2.75, 3.05) is 10.8 Å². The molecular weight excluding hydrogens is 372 g/mol. The van der Waals surface area contributed by atoms with E-state index in [2.05, 4.69) is 5.32 Å². The summed E-state index contributed by atoms with van der Waals surface area (Å²) in [6.45, 7) is 1.70. The second-order valence-corrected chi connectivity index (χ2v) is 9.87. The number of benzene rings is 2. The molecule has 2 saturated carbocycles. The van der Waals surface area contributed by atoms with E-state index in [0.29, 0.717) is 11.6 Å². The van der Waals surface area contributed by atoms with Gasteiger partial charge in [0.15, 0.2) is 0 Å². The fourth-order valence-electron chi connectivity index (χ4n) is 4.62. The summed E-state index contributed by atoms with van der Waals surface area (Å²) in [5, 5.41) is 3.10. The van der Waals surface area contributed by atoms with Gasteiger partial charge in [-0.1, -0.05) is 36.8 Å². The molecule has 2 aliphatic carbocycles. The lowest BCUT2D eigenvalue weighted by atomic mass is 9.95. The molecule has 2 aromatic carbocycles.